The highest BCUT2D eigenvalue weighted by Crippen LogP contribution is 2.24. The van der Waals surface area contributed by atoms with Crippen LogP contribution in [0.2, 0.25) is 0 Å². The van der Waals surface area contributed by atoms with Crippen molar-refractivity contribution in [3.05, 3.63) is 48.5 Å². The van der Waals surface area contributed by atoms with Crippen molar-refractivity contribution in [3.63, 3.8) is 0 Å². The number of fused-ring (bicyclic) bond motifs is 1. The van der Waals surface area contributed by atoms with E-state index in [-0.39, 0.29) is 19.1 Å². The Hall–Kier alpha value is -3.06. The van der Waals surface area contributed by atoms with Gasteiger partial charge in [0.05, 0.1) is 30.4 Å². The van der Waals surface area contributed by atoms with Gasteiger partial charge in [-0.1, -0.05) is 24.3 Å². The average Bonchev–Trinajstić information content (AvgIpc) is 2.98. The van der Waals surface area contributed by atoms with Crippen LogP contribution in [0.25, 0.3) is 11.0 Å². The number of nitrogens with zero attached hydrogens (tertiary/aromatic N) is 2. The van der Waals surface area contributed by atoms with Gasteiger partial charge in [-0.15, -0.1) is 0 Å². The standard InChI is InChI=1S/C18H20N4O3/c1-25-16-9-5-3-7-14(16)20-17(24)12-22-15-8-4-2-6-13(15)21-18(22)19-10-11-23/h2-9,23H,10-12H2,1H3,(H,19,21)(H,20,24). The quantitative estimate of drug-likeness (QED) is 0.613. The van der Waals surface area contributed by atoms with E-state index in [1.807, 2.05) is 36.4 Å². The third-order valence-electron chi connectivity index (χ3n) is 3.73. The van der Waals surface area contributed by atoms with Gasteiger partial charge >= 0.3 is 0 Å². The maximum atomic E-state index is 12.5. The molecule has 0 radical (unpaired) electrons. The summed E-state index contributed by atoms with van der Waals surface area (Å²) in [6, 6.07) is 14.8. The summed E-state index contributed by atoms with van der Waals surface area (Å²) in [7, 11) is 1.56. The van der Waals surface area contributed by atoms with Gasteiger partial charge in [-0.3, -0.25) is 4.79 Å². The summed E-state index contributed by atoms with van der Waals surface area (Å²) in [6.07, 6.45) is 0. The zero-order valence-corrected chi connectivity index (χ0v) is 13.9. The van der Waals surface area contributed by atoms with Gasteiger partial charge in [-0.2, -0.15) is 0 Å². The van der Waals surface area contributed by atoms with Crippen molar-refractivity contribution >= 4 is 28.6 Å². The molecule has 3 N–H and O–H groups in total. The van der Waals surface area contributed by atoms with Crippen LogP contribution in [0.4, 0.5) is 11.6 Å². The lowest BCUT2D eigenvalue weighted by Gasteiger charge is -2.12. The van der Waals surface area contributed by atoms with Gasteiger partial charge in [0.1, 0.15) is 12.3 Å². The van der Waals surface area contributed by atoms with Crippen LogP contribution in [0.3, 0.4) is 0 Å². The molecule has 0 bridgehead atoms. The predicted octanol–water partition coefficient (Wildman–Crippen LogP) is 2.09. The Bertz CT molecular complexity index is 876. The number of hydrogen-bond acceptors (Lipinski definition) is 5. The van der Waals surface area contributed by atoms with Crippen molar-refractivity contribution in [1.82, 2.24) is 9.55 Å². The molecule has 0 saturated heterocycles. The molecule has 0 fully saturated rings. The molecule has 1 heterocycles. The Morgan fingerprint density at radius 1 is 1.20 bits per heavy atom. The number of benzene rings is 2. The highest BCUT2D eigenvalue weighted by Gasteiger charge is 2.14. The largest absolute Gasteiger partial charge is 0.495 e. The smallest absolute Gasteiger partial charge is 0.244 e. The Kier molecular flexibility index (Phi) is 5.15. The maximum Gasteiger partial charge on any atom is 0.244 e. The molecule has 130 valence electrons. The van der Waals surface area contributed by atoms with E-state index in [9.17, 15) is 4.79 Å². The fraction of sp³-hybridized carbons (Fsp3) is 0.222. The first-order chi connectivity index (χ1) is 12.2. The molecule has 0 aliphatic carbocycles. The lowest BCUT2D eigenvalue weighted by molar-refractivity contribution is -0.116. The lowest BCUT2D eigenvalue weighted by Crippen LogP contribution is -2.21. The van der Waals surface area contributed by atoms with Gasteiger partial charge in [0.25, 0.3) is 0 Å². The van der Waals surface area contributed by atoms with E-state index in [1.165, 1.54) is 0 Å². The number of aliphatic hydroxyl groups excluding tert-OH is 1. The number of aliphatic hydroxyl groups is 1. The summed E-state index contributed by atoms with van der Waals surface area (Å²) in [4.78, 5) is 17.0. The zero-order chi connectivity index (χ0) is 17.6. The van der Waals surface area contributed by atoms with Crippen molar-refractivity contribution in [2.45, 2.75) is 6.54 Å². The van der Waals surface area contributed by atoms with Crippen LogP contribution in [0.1, 0.15) is 0 Å². The van der Waals surface area contributed by atoms with Gasteiger partial charge in [0.15, 0.2) is 0 Å². The van der Waals surface area contributed by atoms with E-state index in [4.69, 9.17) is 9.84 Å². The summed E-state index contributed by atoms with van der Waals surface area (Å²) >= 11 is 0. The van der Waals surface area contributed by atoms with Crippen molar-refractivity contribution < 1.29 is 14.6 Å². The third kappa shape index (κ3) is 3.72. The molecule has 0 saturated carbocycles. The second-order valence-electron chi connectivity index (χ2n) is 5.41. The number of methoxy groups -OCH3 is 1. The first-order valence-electron chi connectivity index (χ1n) is 7.96. The average molecular weight is 340 g/mol. The third-order valence-corrected chi connectivity index (χ3v) is 3.73. The van der Waals surface area contributed by atoms with Crippen LogP contribution < -0.4 is 15.4 Å². The highest BCUT2D eigenvalue weighted by atomic mass is 16.5. The first kappa shape index (κ1) is 16.8. The van der Waals surface area contributed by atoms with E-state index in [2.05, 4.69) is 15.6 Å². The molecule has 0 atom stereocenters. The SMILES string of the molecule is COc1ccccc1NC(=O)Cn1c(NCCO)nc2ccccc21. The normalized spacial score (nSPS) is 10.6. The first-order valence-corrected chi connectivity index (χ1v) is 7.96. The number of carbonyl (C=O) groups excluding carboxylic acids is 1. The van der Waals surface area contributed by atoms with Crippen molar-refractivity contribution in [3.8, 4) is 5.75 Å². The fourth-order valence-electron chi connectivity index (χ4n) is 2.62. The Balaban J connectivity index is 1.84. The molecule has 1 aromatic heterocycles. The summed E-state index contributed by atoms with van der Waals surface area (Å²) in [5, 5.41) is 14.9. The molecule has 2 aromatic carbocycles. The van der Waals surface area contributed by atoms with Crippen LogP contribution in [0.5, 0.6) is 5.75 Å². The second-order valence-corrected chi connectivity index (χ2v) is 5.41. The molecular weight excluding hydrogens is 320 g/mol. The lowest BCUT2D eigenvalue weighted by atomic mass is 10.3. The maximum absolute atomic E-state index is 12.5. The summed E-state index contributed by atoms with van der Waals surface area (Å²) in [6.45, 7) is 0.431. The van der Waals surface area contributed by atoms with Crippen molar-refractivity contribution in [2.24, 2.45) is 0 Å². The number of anilines is 2. The molecule has 25 heavy (non-hydrogen) atoms. The van der Waals surface area contributed by atoms with Crippen LogP contribution >= 0.6 is 0 Å². The highest BCUT2D eigenvalue weighted by molar-refractivity contribution is 5.93. The number of ether oxygens (including phenoxy) is 1. The van der Waals surface area contributed by atoms with Crippen LogP contribution in [0.15, 0.2) is 48.5 Å². The zero-order valence-electron chi connectivity index (χ0n) is 13.9. The minimum atomic E-state index is -0.195. The topological polar surface area (TPSA) is 88.4 Å². The van der Waals surface area contributed by atoms with Crippen LogP contribution in [-0.4, -0.2) is 40.8 Å². The minimum absolute atomic E-state index is 0.0172. The van der Waals surface area contributed by atoms with E-state index in [0.29, 0.717) is 23.9 Å². The molecule has 7 heteroatoms. The Morgan fingerprint density at radius 3 is 2.76 bits per heavy atom. The number of para-hydroxylation sites is 4. The van der Waals surface area contributed by atoms with Crippen LogP contribution in [-0.2, 0) is 11.3 Å². The molecule has 0 aliphatic rings. The number of amides is 1. The van der Waals surface area contributed by atoms with Crippen molar-refractivity contribution in [2.75, 3.05) is 30.9 Å². The summed E-state index contributed by atoms with van der Waals surface area (Å²) < 4.78 is 7.04. The number of carbonyl (C=O) groups is 1. The molecule has 3 rings (SSSR count). The summed E-state index contributed by atoms with van der Waals surface area (Å²) in [5.41, 5.74) is 2.25. The van der Waals surface area contributed by atoms with E-state index >= 15 is 0 Å². The monoisotopic (exact) mass is 340 g/mol. The van der Waals surface area contributed by atoms with Crippen molar-refractivity contribution in [1.29, 1.82) is 0 Å². The van der Waals surface area contributed by atoms with E-state index in [0.717, 1.165) is 11.0 Å². The molecule has 0 unspecified atom stereocenters. The molecule has 0 spiro atoms. The van der Waals surface area contributed by atoms with Gasteiger partial charge in [0, 0.05) is 6.54 Å². The number of imidazole rings is 1. The molecule has 1 amide bonds. The molecule has 7 nitrogen and oxygen atoms in total. The molecule has 0 aliphatic heterocycles. The number of aromatic nitrogens is 2. The number of rotatable bonds is 7. The van der Waals surface area contributed by atoms with Crippen LogP contribution in [0, 0.1) is 0 Å². The van der Waals surface area contributed by atoms with Gasteiger partial charge < -0.3 is 25.0 Å². The minimum Gasteiger partial charge on any atom is -0.495 e. The van der Waals surface area contributed by atoms with Gasteiger partial charge in [0.2, 0.25) is 11.9 Å². The summed E-state index contributed by atoms with van der Waals surface area (Å²) in [5.74, 6) is 0.954. The fourth-order valence-corrected chi connectivity index (χ4v) is 2.62. The Labute approximate surface area is 145 Å². The van der Waals surface area contributed by atoms with E-state index in [1.54, 1.807) is 23.8 Å². The number of nitrogens with one attached hydrogen (secondary N) is 2. The number of hydrogen-bond donors (Lipinski definition) is 3. The molecular formula is C18H20N4O3. The van der Waals surface area contributed by atoms with Gasteiger partial charge in [-0.05, 0) is 24.3 Å². The predicted molar refractivity (Wildman–Crippen MR) is 96.9 cm³/mol. The van der Waals surface area contributed by atoms with Gasteiger partial charge in [-0.25, -0.2) is 4.98 Å². The van der Waals surface area contributed by atoms with E-state index < -0.39 is 0 Å². The second kappa shape index (κ2) is 7.67. The Morgan fingerprint density at radius 2 is 1.96 bits per heavy atom. The molecule has 3 aromatic rings.